The Labute approximate surface area is 192 Å². The first kappa shape index (κ1) is 20.8. The molecule has 0 atom stereocenters. The summed E-state index contributed by atoms with van der Waals surface area (Å²) in [5, 5.41) is 4.16. The number of carbonyl (C=O) groups excluding carboxylic acids is 1. The van der Waals surface area contributed by atoms with E-state index in [1.165, 1.54) is 16.5 Å². The number of pyridine rings is 1. The number of amides is 1. The van der Waals surface area contributed by atoms with Gasteiger partial charge in [-0.25, -0.2) is 4.98 Å². The smallest absolute Gasteiger partial charge is 0.228 e. The number of aryl methyl sites for hydroxylation is 1. The topological polar surface area (TPSA) is 49.3 Å². The predicted molar refractivity (Wildman–Crippen MR) is 130 cm³/mol. The van der Waals surface area contributed by atoms with Crippen LogP contribution < -0.4 is 0 Å². The van der Waals surface area contributed by atoms with Crippen molar-refractivity contribution in [1.29, 1.82) is 0 Å². The quantitative estimate of drug-likeness (QED) is 0.455. The number of nitrogens with zero attached hydrogens (tertiary/aromatic N) is 4. The number of thiazole rings is 1. The Morgan fingerprint density at radius 3 is 2.59 bits per heavy atom. The molecule has 1 amide bonds. The van der Waals surface area contributed by atoms with Gasteiger partial charge in [-0.1, -0.05) is 54.1 Å². The van der Waals surface area contributed by atoms with E-state index in [-0.39, 0.29) is 5.91 Å². The number of aromatic nitrogens is 2. The number of hydrogen-bond acceptors (Lipinski definition) is 5. The minimum absolute atomic E-state index is 0.164. The maximum Gasteiger partial charge on any atom is 0.228 e. The molecular formula is C26H26N4OS. The molecule has 1 saturated heterocycles. The Kier molecular flexibility index (Phi) is 5.97. The third-order valence-corrected chi connectivity index (χ3v) is 6.96. The minimum atomic E-state index is 0.164. The average molecular weight is 443 g/mol. The Balaban J connectivity index is 1.17. The normalized spacial score (nSPS) is 14.7. The fraction of sp³-hybridized carbons (Fsp3) is 0.269. The maximum absolute atomic E-state index is 12.9. The van der Waals surface area contributed by atoms with Crippen LogP contribution in [0.1, 0.15) is 16.8 Å². The number of fused-ring (bicyclic) bond motifs is 1. The second kappa shape index (κ2) is 9.18. The third-order valence-electron chi connectivity index (χ3n) is 6.02. The van der Waals surface area contributed by atoms with Gasteiger partial charge in [0.2, 0.25) is 5.91 Å². The van der Waals surface area contributed by atoms with E-state index in [2.05, 4.69) is 65.3 Å². The predicted octanol–water partition coefficient (Wildman–Crippen LogP) is 4.55. The maximum atomic E-state index is 12.9. The molecule has 4 aromatic rings. The average Bonchev–Trinajstić information content (AvgIpc) is 3.29. The lowest BCUT2D eigenvalue weighted by molar-refractivity contribution is -0.132. The first-order valence-electron chi connectivity index (χ1n) is 11.0. The van der Waals surface area contributed by atoms with Gasteiger partial charge in [-0.05, 0) is 18.6 Å². The van der Waals surface area contributed by atoms with Gasteiger partial charge >= 0.3 is 0 Å². The van der Waals surface area contributed by atoms with Crippen molar-refractivity contribution in [3.8, 4) is 10.6 Å². The monoisotopic (exact) mass is 442 g/mol. The molecule has 5 nitrogen and oxygen atoms in total. The fourth-order valence-corrected chi connectivity index (χ4v) is 5.00. The van der Waals surface area contributed by atoms with Gasteiger partial charge in [0, 0.05) is 55.3 Å². The Morgan fingerprint density at radius 1 is 1.00 bits per heavy atom. The molecule has 1 aliphatic heterocycles. The number of para-hydroxylation sites is 1. The van der Waals surface area contributed by atoms with Gasteiger partial charge in [0.1, 0.15) is 5.01 Å². The van der Waals surface area contributed by atoms with E-state index in [4.69, 9.17) is 4.98 Å². The summed E-state index contributed by atoms with van der Waals surface area (Å²) in [5.74, 6) is 0.164. The number of carbonyl (C=O) groups is 1. The van der Waals surface area contributed by atoms with Crippen LogP contribution in [0.2, 0.25) is 0 Å². The second-order valence-corrected chi connectivity index (χ2v) is 9.19. The van der Waals surface area contributed by atoms with Gasteiger partial charge in [0.15, 0.2) is 0 Å². The summed E-state index contributed by atoms with van der Waals surface area (Å²) < 4.78 is 0. The minimum Gasteiger partial charge on any atom is -0.340 e. The molecule has 2 aromatic heterocycles. The highest BCUT2D eigenvalue weighted by atomic mass is 32.1. The molecule has 32 heavy (non-hydrogen) atoms. The largest absolute Gasteiger partial charge is 0.340 e. The van der Waals surface area contributed by atoms with Crippen molar-refractivity contribution in [1.82, 2.24) is 19.8 Å². The van der Waals surface area contributed by atoms with Crippen LogP contribution in [0.3, 0.4) is 0 Å². The molecule has 162 valence electrons. The SMILES string of the molecule is Cc1ccc(-c2nc(CC(=O)N3CCN(Cc4cccc5cccnc45)CC3)cs2)cc1. The summed E-state index contributed by atoms with van der Waals surface area (Å²) in [7, 11) is 0. The molecule has 1 fully saturated rings. The van der Waals surface area contributed by atoms with Crippen molar-refractivity contribution in [3.63, 3.8) is 0 Å². The molecule has 0 aliphatic carbocycles. The third kappa shape index (κ3) is 4.56. The van der Waals surface area contributed by atoms with Gasteiger partial charge in [-0.3, -0.25) is 14.7 Å². The first-order valence-corrected chi connectivity index (χ1v) is 11.9. The van der Waals surface area contributed by atoms with Crippen molar-refractivity contribution < 1.29 is 4.79 Å². The summed E-state index contributed by atoms with van der Waals surface area (Å²) in [5.41, 5.74) is 5.52. The molecule has 0 saturated carbocycles. The lowest BCUT2D eigenvalue weighted by Crippen LogP contribution is -2.48. The summed E-state index contributed by atoms with van der Waals surface area (Å²) >= 11 is 1.60. The highest BCUT2D eigenvalue weighted by Crippen LogP contribution is 2.24. The Hall–Kier alpha value is -3.09. The number of hydrogen-bond donors (Lipinski definition) is 0. The molecule has 0 unspecified atom stereocenters. The molecule has 5 rings (SSSR count). The standard InChI is InChI=1S/C26H26N4OS/c1-19-7-9-21(10-8-19)26-28-23(18-32-26)16-24(31)30-14-12-29(13-15-30)17-22-5-2-4-20-6-3-11-27-25(20)22/h2-11,18H,12-17H2,1H3. The lowest BCUT2D eigenvalue weighted by atomic mass is 10.1. The first-order chi connectivity index (χ1) is 15.7. The zero-order valence-electron chi connectivity index (χ0n) is 18.2. The Bertz CT molecular complexity index is 1220. The van der Waals surface area contributed by atoms with Gasteiger partial charge < -0.3 is 4.90 Å². The van der Waals surface area contributed by atoms with Crippen LogP contribution in [-0.2, 0) is 17.8 Å². The molecule has 0 bridgehead atoms. The molecule has 0 radical (unpaired) electrons. The zero-order valence-corrected chi connectivity index (χ0v) is 19.0. The van der Waals surface area contributed by atoms with E-state index >= 15 is 0 Å². The number of piperazine rings is 1. The van der Waals surface area contributed by atoms with Gasteiger partial charge in [0.25, 0.3) is 0 Å². The van der Waals surface area contributed by atoms with E-state index in [0.29, 0.717) is 6.42 Å². The summed E-state index contributed by atoms with van der Waals surface area (Å²) in [6.45, 7) is 6.20. The van der Waals surface area contributed by atoms with Crippen LogP contribution >= 0.6 is 11.3 Å². The molecular weight excluding hydrogens is 416 g/mol. The van der Waals surface area contributed by atoms with Crippen molar-refractivity contribution in [2.45, 2.75) is 19.9 Å². The molecule has 1 aliphatic rings. The molecule has 3 heterocycles. The van der Waals surface area contributed by atoms with E-state index in [0.717, 1.165) is 54.5 Å². The highest BCUT2D eigenvalue weighted by Gasteiger charge is 2.22. The van der Waals surface area contributed by atoms with E-state index in [1.807, 2.05) is 22.5 Å². The van der Waals surface area contributed by atoms with Gasteiger partial charge in [-0.2, -0.15) is 0 Å². The van der Waals surface area contributed by atoms with Gasteiger partial charge in [-0.15, -0.1) is 11.3 Å². The fourth-order valence-electron chi connectivity index (χ4n) is 4.17. The molecule has 6 heteroatoms. The number of benzene rings is 2. The van der Waals surface area contributed by atoms with Crippen LogP contribution in [0.25, 0.3) is 21.5 Å². The lowest BCUT2D eigenvalue weighted by Gasteiger charge is -2.34. The summed E-state index contributed by atoms with van der Waals surface area (Å²) in [4.78, 5) is 26.5. The van der Waals surface area contributed by atoms with Crippen LogP contribution in [0, 0.1) is 6.92 Å². The second-order valence-electron chi connectivity index (χ2n) is 8.34. The van der Waals surface area contributed by atoms with Crippen LogP contribution in [0.5, 0.6) is 0 Å². The molecule has 0 N–H and O–H groups in total. The van der Waals surface area contributed by atoms with Crippen molar-refractivity contribution in [2.75, 3.05) is 26.2 Å². The van der Waals surface area contributed by atoms with Crippen LogP contribution in [0.4, 0.5) is 0 Å². The van der Waals surface area contributed by atoms with Crippen LogP contribution in [-0.4, -0.2) is 51.9 Å². The van der Waals surface area contributed by atoms with Crippen molar-refractivity contribution in [3.05, 3.63) is 83.0 Å². The van der Waals surface area contributed by atoms with Crippen LogP contribution in [0.15, 0.2) is 66.2 Å². The number of rotatable bonds is 5. The van der Waals surface area contributed by atoms with E-state index in [1.54, 1.807) is 11.3 Å². The van der Waals surface area contributed by atoms with Crippen molar-refractivity contribution in [2.24, 2.45) is 0 Å². The molecule has 2 aromatic carbocycles. The zero-order chi connectivity index (χ0) is 21.9. The van der Waals surface area contributed by atoms with E-state index < -0.39 is 0 Å². The summed E-state index contributed by atoms with van der Waals surface area (Å²) in [6.07, 6.45) is 2.22. The van der Waals surface area contributed by atoms with Gasteiger partial charge in [0.05, 0.1) is 17.6 Å². The highest BCUT2D eigenvalue weighted by molar-refractivity contribution is 7.13. The Morgan fingerprint density at radius 2 is 1.78 bits per heavy atom. The van der Waals surface area contributed by atoms with Crippen molar-refractivity contribution >= 4 is 28.1 Å². The summed E-state index contributed by atoms with van der Waals surface area (Å²) in [6, 6.07) is 18.8. The van der Waals surface area contributed by atoms with E-state index in [9.17, 15) is 4.79 Å². The molecule has 0 spiro atoms.